The summed E-state index contributed by atoms with van der Waals surface area (Å²) in [5.41, 5.74) is 5.90. The number of methoxy groups -OCH3 is 1. The Bertz CT molecular complexity index is 426. The molecule has 18 heavy (non-hydrogen) atoms. The van der Waals surface area contributed by atoms with E-state index in [2.05, 4.69) is 0 Å². The van der Waals surface area contributed by atoms with Crippen LogP contribution in [0.3, 0.4) is 0 Å². The second kappa shape index (κ2) is 6.32. The van der Waals surface area contributed by atoms with E-state index in [1.807, 2.05) is 0 Å². The van der Waals surface area contributed by atoms with Crippen molar-refractivity contribution in [1.29, 1.82) is 0 Å². The van der Waals surface area contributed by atoms with Gasteiger partial charge in [0.15, 0.2) is 0 Å². The molecule has 0 spiro atoms. The lowest BCUT2D eigenvalue weighted by Gasteiger charge is -2.21. The Labute approximate surface area is 105 Å². The van der Waals surface area contributed by atoms with Crippen molar-refractivity contribution in [3.63, 3.8) is 0 Å². The van der Waals surface area contributed by atoms with Crippen LogP contribution in [-0.4, -0.2) is 49.3 Å². The number of anilines is 1. The number of carbonyl (C=O) groups excluding carboxylic acids is 1. The fraction of sp³-hybridized carbons (Fsp3) is 0.417. The van der Waals surface area contributed by atoms with Crippen LogP contribution in [0, 0.1) is 5.82 Å². The highest BCUT2D eigenvalue weighted by Gasteiger charge is 2.18. The fourth-order valence-electron chi connectivity index (χ4n) is 1.56. The summed E-state index contributed by atoms with van der Waals surface area (Å²) in [6.45, 7) is 0.207. The maximum absolute atomic E-state index is 13.1. The molecule has 1 rings (SSSR count). The predicted molar refractivity (Wildman–Crippen MR) is 65.7 cm³/mol. The fourth-order valence-corrected chi connectivity index (χ4v) is 1.56. The van der Waals surface area contributed by atoms with Crippen LogP contribution in [0.1, 0.15) is 10.4 Å². The molecule has 1 aromatic rings. The summed E-state index contributed by atoms with van der Waals surface area (Å²) in [5.74, 6) is -0.972. The molecule has 0 aliphatic heterocycles. The molecule has 0 fully saturated rings. The first-order valence-electron chi connectivity index (χ1n) is 5.43. The van der Waals surface area contributed by atoms with Crippen molar-refractivity contribution >= 4 is 11.6 Å². The molecule has 0 bridgehead atoms. The highest BCUT2D eigenvalue weighted by molar-refractivity contribution is 5.98. The zero-order valence-corrected chi connectivity index (χ0v) is 10.4. The number of carbonyl (C=O) groups is 1. The standard InChI is InChI=1S/C12H17FN2O3/c1-15(6-9(16)7-18-2)12(17)10-5-8(13)3-4-11(10)14/h3-5,9,16H,6-7,14H2,1-2H3. The molecule has 0 saturated heterocycles. The molecule has 0 radical (unpaired) electrons. The number of nitrogens with zero attached hydrogens (tertiary/aromatic N) is 1. The molecule has 100 valence electrons. The summed E-state index contributed by atoms with van der Waals surface area (Å²) in [7, 11) is 2.96. The smallest absolute Gasteiger partial charge is 0.255 e. The molecule has 1 unspecified atom stereocenters. The van der Waals surface area contributed by atoms with Crippen LogP contribution < -0.4 is 5.73 Å². The molecule has 1 amide bonds. The van der Waals surface area contributed by atoms with Crippen molar-refractivity contribution < 1.29 is 19.0 Å². The zero-order valence-electron chi connectivity index (χ0n) is 10.4. The van der Waals surface area contributed by atoms with E-state index in [1.54, 1.807) is 0 Å². The monoisotopic (exact) mass is 256 g/mol. The van der Waals surface area contributed by atoms with Crippen LogP contribution in [0.5, 0.6) is 0 Å². The molecular formula is C12H17FN2O3. The summed E-state index contributed by atoms with van der Waals surface area (Å²) < 4.78 is 17.8. The average molecular weight is 256 g/mol. The number of benzene rings is 1. The Hall–Kier alpha value is -1.66. The van der Waals surface area contributed by atoms with Gasteiger partial charge in [-0.1, -0.05) is 0 Å². The van der Waals surface area contributed by atoms with E-state index in [0.717, 1.165) is 6.07 Å². The molecule has 6 heteroatoms. The van der Waals surface area contributed by atoms with Gasteiger partial charge in [-0.2, -0.15) is 0 Å². The third-order valence-corrected chi connectivity index (χ3v) is 2.44. The third kappa shape index (κ3) is 3.68. The Kier molecular flexibility index (Phi) is 5.06. The van der Waals surface area contributed by atoms with E-state index in [1.165, 1.54) is 31.2 Å². The van der Waals surface area contributed by atoms with Crippen molar-refractivity contribution in [3.05, 3.63) is 29.6 Å². The summed E-state index contributed by atoms with van der Waals surface area (Å²) >= 11 is 0. The van der Waals surface area contributed by atoms with Gasteiger partial charge in [0.25, 0.3) is 5.91 Å². The summed E-state index contributed by atoms with van der Waals surface area (Å²) in [6, 6.07) is 3.60. The molecule has 0 aromatic heterocycles. The van der Waals surface area contributed by atoms with Gasteiger partial charge in [-0.05, 0) is 18.2 Å². The van der Waals surface area contributed by atoms with E-state index in [-0.39, 0.29) is 24.4 Å². The second-order valence-corrected chi connectivity index (χ2v) is 4.03. The van der Waals surface area contributed by atoms with E-state index >= 15 is 0 Å². The minimum atomic E-state index is -0.793. The van der Waals surface area contributed by atoms with Gasteiger partial charge in [0.1, 0.15) is 5.82 Å². The predicted octanol–water partition coefficient (Wildman–Crippen LogP) is 0.487. The van der Waals surface area contributed by atoms with Gasteiger partial charge in [-0.15, -0.1) is 0 Å². The summed E-state index contributed by atoms with van der Waals surface area (Å²) in [6.07, 6.45) is -0.793. The number of aliphatic hydroxyl groups excluding tert-OH is 1. The van der Waals surface area contributed by atoms with Gasteiger partial charge in [0.05, 0.1) is 18.3 Å². The van der Waals surface area contributed by atoms with Gasteiger partial charge in [0, 0.05) is 26.4 Å². The average Bonchev–Trinajstić information content (AvgIpc) is 2.31. The Balaban J connectivity index is 2.77. The van der Waals surface area contributed by atoms with Crippen LogP contribution in [0.4, 0.5) is 10.1 Å². The molecule has 0 aliphatic rings. The van der Waals surface area contributed by atoms with Gasteiger partial charge in [-0.3, -0.25) is 4.79 Å². The SMILES string of the molecule is COCC(O)CN(C)C(=O)c1cc(F)ccc1N. The molecule has 1 aromatic carbocycles. The quantitative estimate of drug-likeness (QED) is 0.752. The Morgan fingerprint density at radius 1 is 1.61 bits per heavy atom. The molecule has 0 aliphatic carbocycles. The minimum absolute atomic E-state index is 0.0853. The number of nitrogen functional groups attached to an aromatic ring is 1. The number of likely N-dealkylation sites (N-methyl/N-ethyl adjacent to an activating group) is 1. The molecular weight excluding hydrogens is 239 g/mol. The van der Waals surface area contributed by atoms with Crippen molar-refractivity contribution in [2.45, 2.75) is 6.10 Å². The minimum Gasteiger partial charge on any atom is -0.398 e. The zero-order chi connectivity index (χ0) is 13.7. The van der Waals surface area contributed by atoms with Crippen molar-refractivity contribution in [3.8, 4) is 0 Å². The summed E-state index contributed by atoms with van der Waals surface area (Å²) in [4.78, 5) is 13.3. The lowest BCUT2D eigenvalue weighted by atomic mass is 10.1. The van der Waals surface area contributed by atoms with E-state index in [4.69, 9.17) is 10.5 Å². The van der Waals surface area contributed by atoms with Gasteiger partial charge < -0.3 is 20.5 Å². The molecule has 5 nitrogen and oxygen atoms in total. The number of amides is 1. The number of ether oxygens (including phenoxy) is 1. The highest BCUT2D eigenvalue weighted by atomic mass is 19.1. The topological polar surface area (TPSA) is 75.8 Å². The van der Waals surface area contributed by atoms with Crippen LogP contribution in [0.25, 0.3) is 0 Å². The third-order valence-electron chi connectivity index (χ3n) is 2.44. The molecule has 0 saturated carbocycles. The number of hydrogen-bond acceptors (Lipinski definition) is 4. The number of nitrogens with two attached hydrogens (primary N) is 1. The molecule has 1 atom stereocenters. The first-order valence-corrected chi connectivity index (χ1v) is 5.43. The van der Waals surface area contributed by atoms with Crippen LogP contribution >= 0.6 is 0 Å². The van der Waals surface area contributed by atoms with Crippen LogP contribution in [0.2, 0.25) is 0 Å². The largest absolute Gasteiger partial charge is 0.398 e. The molecule has 0 heterocycles. The number of rotatable bonds is 5. The van der Waals surface area contributed by atoms with E-state index in [0.29, 0.717) is 0 Å². The van der Waals surface area contributed by atoms with Gasteiger partial charge in [0.2, 0.25) is 0 Å². The van der Waals surface area contributed by atoms with Crippen molar-refractivity contribution in [2.75, 3.05) is 33.0 Å². The number of hydrogen-bond donors (Lipinski definition) is 2. The van der Waals surface area contributed by atoms with Crippen LogP contribution in [0.15, 0.2) is 18.2 Å². The Morgan fingerprint density at radius 2 is 2.28 bits per heavy atom. The lowest BCUT2D eigenvalue weighted by Crippen LogP contribution is -2.36. The second-order valence-electron chi connectivity index (χ2n) is 4.03. The normalized spacial score (nSPS) is 12.2. The van der Waals surface area contributed by atoms with E-state index in [9.17, 15) is 14.3 Å². The van der Waals surface area contributed by atoms with Crippen LogP contribution in [-0.2, 0) is 4.74 Å². The number of halogens is 1. The van der Waals surface area contributed by atoms with Crippen molar-refractivity contribution in [2.24, 2.45) is 0 Å². The first-order chi connectivity index (χ1) is 8.45. The summed E-state index contributed by atoms with van der Waals surface area (Å²) in [5, 5.41) is 9.52. The maximum Gasteiger partial charge on any atom is 0.255 e. The number of aliphatic hydroxyl groups is 1. The Morgan fingerprint density at radius 3 is 2.89 bits per heavy atom. The highest BCUT2D eigenvalue weighted by Crippen LogP contribution is 2.15. The maximum atomic E-state index is 13.1. The van der Waals surface area contributed by atoms with Gasteiger partial charge >= 0.3 is 0 Å². The first kappa shape index (κ1) is 14.4. The molecule has 3 N–H and O–H groups in total. The lowest BCUT2D eigenvalue weighted by molar-refractivity contribution is 0.0380. The van der Waals surface area contributed by atoms with Gasteiger partial charge in [-0.25, -0.2) is 4.39 Å². The van der Waals surface area contributed by atoms with E-state index < -0.39 is 17.8 Å². The van der Waals surface area contributed by atoms with Crippen molar-refractivity contribution in [1.82, 2.24) is 4.90 Å².